The van der Waals surface area contributed by atoms with Gasteiger partial charge < -0.3 is 20.3 Å². The molecule has 0 fully saturated rings. The fourth-order valence-corrected chi connectivity index (χ4v) is 4.07. The maximum atomic E-state index is 13.0. The van der Waals surface area contributed by atoms with Gasteiger partial charge in [0, 0.05) is 41.8 Å². The monoisotopic (exact) mass is 527 g/mol. The fraction of sp³-hybridized carbons (Fsp3) is 0.207. The molecule has 0 aliphatic heterocycles. The van der Waals surface area contributed by atoms with E-state index in [1.165, 1.54) is 16.7 Å². The largest absolute Gasteiger partial charge is 0.502 e. The van der Waals surface area contributed by atoms with Crippen LogP contribution in [-0.2, 0) is 12.5 Å². The minimum atomic E-state index is -0.718. The van der Waals surface area contributed by atoms with E-state index in [-0.39, 0.29) is 22.8 Å². The first-order chi connectivity index (χ1) is 18.3. The van der Waals surface area contributed by atoms with Crippen LogP contribution in [0.5, 0.6) is 5.75 Å². The van der Waals surface area contributed by atoms with Crippen LogP contribution in [0.25, 0.3) is 11.3 Å². The SMILES string of the molecule is Cc1c(NC(=O)c2ccc(C(C)(C)C)cc2)cccc1-c1cn(C)c(=O)c(Nc2ccc(O)c([N+](=O)[O-])c2)n1. The number of hydrogen-bond acceptors (Lipinski definition) is 7. The van der Waals surface area contributed by atoms with Crippen molar-refractivity contribution in [2.24, 2.45) is 7.05 Å². The van der Waals surface area contributed by atoms with Gasteiger partial charge in [-0.25, -0.2) is 4.98 Å². The Morgan fingerprint density at radius 2 is 1.77 bits per heavy atom. The van der Waals surface area contributed by atoms with Gasteiger partial charge in [-0.1, -0.05) is 45.0 Å². The number of carbonyl (C=O) groups is 1. The van der Waals surface area contributed by atoms with E-state index in [0.29, 0.717) is 22.5 Å². The normalized spacial score (nSPS) is 11.2. The summed E-state index contributed by atoms with van der Waals surface area (Å²) in [5, 5.41) is 26.7. The number of anilines is 3. The molecular weight excluding hydrogens is 498 g/mol. The minimum Gasteiger partial charge on any atom is -0.502 e. The van der Waals surface area contributed by atoms with E-state index < -0.39 is 21.9 Å². The third-order valence-electron chi connectivity index (χ3n) is 6.38. The lowest BCUT2D eigenvalue weighted by atomic mass is 9.86. The Balaban J connectivity index is 1.64. The number of aromatic hydroxyl groups is 1. The van der Waals surface area contributed by atoms with Crippen molar-refractivity contribution in [2.45, 2.75) is 33.1 Å². The Hall–Kier alpha value is -4.99. The Bertz CT molecular complexity index is 1640. The minimum absolute atomic E-state index is 0.0204. The lowest BCUT2D eigenvalue weighted by Crippen LogP contribution is -2.21. The number of nitro groups is 1. The van der Waals surface area contributed by atoms with Gasteiger partial charge in [0.15, 0.2) is 11.6 Å². The maximum Gasteiger partial charge on any atom is 0.312 e. The summed E-state index contributed by atoms with van der Waals surface area (Å²) < 4.78 is 1.35. The van der Waals surface area contributed by atoms with Gasteiger partial charge in [0.25, 0.3) is 11.5 Å². The van der Waals surface area contributed by atoms with Gasteiger partial charge in [0.05, 0.1) is 10.6 Å². The van der Waals surface area contributed by atoms with Gasteiger partial charge >= 0.3 is 5.69 Å². The first-order valence-corrected chi connectivity index (χ1v) is 12.2. The summed E-state index contributed by atoms with van der Waals surface area (Å²) in [7, 11) is 1.57. The number of phenolic OH excluding ortho intramolecular Hbond substituents is 1. The highest BCUT2D eigenvalue weighted by Crippen LogP contribution is 2.31. The molecule has 0 unspecified atom stereocenters. The van der Waals surface area contributed by atoms with E-state index in [4.69, 9.17) is 0 Å². The van der Waals surface area contributed by atoms with E-state index in [9.17, 15) is 24.8 Å². The molecule has 10 nitrogen and oxygen atoms in total. The highest BCUT2D eigenvalue weighted by Gasteiger charge is 2.18. The van der Waals surface area contributed by atoms with Crippen LogP contribution in [0.1, 0.15) is 42.3 Å². The molecule has 10 heteroatoms. The van der Waals surface area contributed by atoms with Crippen molar-refractivity contribution in [3.05, 3.63) is 104 Å². The molecule has 3 N–H and O–H groups in total. The molecule has 200 valence electrons. The van der Waals surface area contributed by atoms with Crippen molar-refractivity contribution in [2.75, 3.05) is 10.6 Å². The molecule has 4 rings (SSSR count). The van der Waals surface area contributed by atoms with Gasteiger partial charge in [-0.3, -0.25) is 19.7 Å². The van der Waals surface area contributed by atoms with Crippen LogP contribution in [0.2, 0.25) is 0 Å². The van der Waals surface area contributed by atoms with Gasteiger partial charge in [0.2, 0.25) is 0 Å². The fourth-order valence-electron chi connectivity index (χ4n) is 4.07. The lowest BCUT2D eigenvalue weighted by Gasteiger charge is -2.19. The number of phenols is 1. The van der Waals surface area contributed by atoms with Crippen LogP contribution in [0, 0.1) is 17.0 Å². The zero-order chi connectivity index (χ0) is 28.5. The van der Waals surface area contributed by atoms with E-state index in [1.54, 1.807) is 37.5 Å². The number of aromatic nitrogens is 2. The van der Waals surface area contributed by atoms with Gasteiger partial charge in [-0.2, -0.15) is 0 Å². The third kappa shape index (κ3) is 5.80. The standard InChI is InChI=1S/C29H29N5O5/c1-17-21(7-6-8-22(17)32-27(36)18-9-11-19(12-10-18)29(2,3)4)23-16-33(5)28(37)26(31-23)30-20-13-14-25(35)24(15-20)34(38)39/h6-16,35H,1-5H3,(H,30,31)(H,32,36). The summed E-state index contributed by atoms with van der Waals surface area (Å²) in [6.45, 7) is 8.18. The highest BCUT2D eigenvalue weighted by molar-refractivity contribution is 6.05. The highest BCUT2D eigenvalue weighted by atomic mass is 16.6. The molecule has 1 amide bonds. The van der Waals surface area contributed by atoms with Crippen molar-refractivity contribution in [3.63, 3.8) is 0 Å². The summed E-state index contributed by atoms with van der Waals surface area (Å²) in [5.74, 6) is -0.789. The predicted octanol–water partition coefficient (Wildman–Crippen LogP) is 5.66. The zero-order valence-electron chi connectivity index (χ0n) is 22.3. The van der Waals surface area contributed by atoms with Crippen molar-refractivity contribution in [1.29, 1.82) is 0 Å². The zero-order valence-corrected chi connectivity index (χ0v) is 22.3. The lowest BCUT2D eigenvalue weighted by molar-refractivity contribution is -0.385. The van der Waals surface area contributed by atoms with Crippen molar-refractivity contribution < 1.29 is 14.8 Å². The van der Waals surface area contributed by atoms with Gasteiger partial charge in [0.1, 0.15) is 0 Å². The number of aryl methyl sites for hydroxylation is 1. The van der Waals surface area contributed by atoms with E-state index in [2.05, 4.69) is 36.4 Å². The van der Waals surface area contributed by atoms with Crippen LogP contribution in [0.4, 0.5) is 22.9 Å². The van der Waals surface area contributed by atoms with Crippen LogP contribution in [-0.4, -0.2) is 25.5 Å². The summed E-state index contributed by atoms with van der Waals surface area (Å²) in [6, 6.07) is 16.6. The second-order valence-electron chi connectivity index (χ2n) is 10.2. The molecule has 39 heavy (non-hydrogen) atoms. The number of nitro benzene ring substituents is 1. The van der Waals surface area contributed by atoms with Crippen molar-refractivity contribution in [1.82, 2.24) is 9.55 Å². The topological polar surface area (TPSA) is 139 Å². The summed E-state index contributed by atoms with van der Waals surface area (Å²) >= 11 is 0. The van der Waals surface area contributed by atoms with Crippen LogP contribution < -0.4 is 16.2 Å². The number of benzene rings is 3. The van der Waals surface area contributed by atoms with E-state index in [0.717, 1.165) is 17.2 Å². The average Bonchev–Trinajstić information content (AvgIpc) is 2.88. The maximum absolute atomic E-state index is 13.0. The number of carbonyl (C=O) groups excluding carboxylic acids is 1. The summed E-state index contributed by atoms with van der Waals surface area (Å²) in [5.41, 5.74) is 3.39. The molecule has 1 aromatic heterocycles. The second-order valence-corrected chi connectivity index (χ2v) is 10.2. The molecular formula is C29H29N5O5. The predicted molar refractivity (Wildman–Crippen MR) is 151 cm³/mol. The molecule has 0 atom stereocenters. The molecule has 3 aromatic carbocycles. The Labute approximate surface area is 225 Å². The van der Waals surface area contributed by atoms with Gasteiger partial charge in [-0.05, 0) is 53.8 Å². The average molecular weight is 528 g/mol. The summed E-state index contributed by atoms with van der Waals surface area (Å²) in [4.78, 5) is 40.7. The second kappa shape index (κ2) is 10.4. The first kappa shape index (κ1) is 27.1. The number of nitrogens with zero attached hydrogens (tertiary/aromatic N) is 3. The third-order valence-corrected chi connectivity index (χ3v) is 6.38. The number of rotatable bonds is 6. The molecule has 1 heterocycles. The quantitative estimate of drug-likeness (QED) is 0.167. The summed E-state index contributed by atoms with van der Waals surface area (Å²) in [6.07, 6.45) is 1.58. The molecule has 0 radical (unpaired) electrons. The molecule has 0 bridgehead atoms. The number of amides is 1. The first-order valence-electron chi connectivity index (χ1n) is 12.2. The Morgan fingerprint density at radius 3 is 2.41 bits per heavy atom. The van der Waals surface area contributed by atoms with Crippen molar-refractivity contribution in [3.8, 4) is 17.0 Å². The molecule has 0 saturated heterocycles. The Kier molecular flexibility index (Phi) is 7.22. The molecule has 0 aliphatic rings. The number of nitrogens with one attached hydrogen (secondary N) is 2. The van der Waals surface area contributed by atoms with Crippen LogP contribution >= 0.6 is 0 Å². The molecule has 0 spiro atoms. The van der Waals surface area contributed by atoms with E-state index in [1.807, 2.05) is 25.1 Å². The molecule has 4 aromatic rings. The van der Waals surface area contributed by atoms with E-state index >= 15 is 0 Å². The number of hydrogen-bond donors (Lipinski definition) is 3. The van der Waals surface area contributed by atoms with Crippen LogP contribution in [0.15, 0.2) is 71.7 Å². The smallest absolute Gasteiger partial charge is 0.312 e. The Morgan fingerprint density at radius 1 is 1.08 bits per heavy atom. The molecule has 0 aliphatic carbocycles. The molecule has 0 saturated carbocycles. The van der Waals surface area contributed by atoms with Crippen LogP contribution in [0.3, 0.4) is 0 Å². The van der Waals surface area contributed by atoms with Gasteiger partial charge in [-0.15, -0.1) is 0 Å². The van der Waals surface area contributed by atoms with Crippen molar-refractivity contribution >= 4 is 28.8 Å².